The van der Waals surface area contributed by atoms with E-state index in [-0.39, 0.29) is 0 Å². The highest BCUT2D eigenvalue weighted by molar-refractivity contribution is 5.29. The van der Waals surface area contributed by atoms with Gasteiger partial charge in [-0.1, -0.05) is 44.3 Å². The molecule has 16 heavy (non-hydrogen) atoms. The number of aliphatic hydroxyl groups is 1. The Morgan fingerprint density at radius 3 is 2.56 bits per heavy atom. The van der Waals surface area contributed by atoms with Crippen LogP contribution in [-0.2, 0) is 0 Å². The minimum Gasteiger partial charge on any atom is -0.388 e. The molecule has 88 valence electrons. The van der Waals surface area contributed by atoms with Crippen LogP contribution in [0.5, 0.6) is 0 Å². The van der Waals surface area contributed by atoms with Gasteiger partial charge in [-0.3, -0.25) is 0 Å². The molecule has 0 saturated carbocycles. The topological polar surface area (TPSA) is 44.0 Å². The number of allylic oxidation sites excluding steroid dienone is 3. The lowest BCUT2D eigenvalue weighted by molar-refractivity contribution is 0.200. The summed E-state index contributed by atoms with van der Waals surface area (Å²) in [5.74, 6) is 0. The summed E-state index contributed by atoms with van der Waals surface area (Å²) in [5.41, 5.74) is 0.496. The van der Waals surface area contributed by atoms with Gasteiger partial charge in [-0.2, -0.15) is 5.26 Å². The fraction of sp³-hybridized carbons (Fsp3) is 0.643. The van der Waals surface area contributed by atoms with E-state index >= 15 is 0 Å². The molecule has 0 amide bonds. The van der Waals surface area contributed by atoms with Gasteiger partial charge >= 0.3 is 0 Å². The molecule has 1 unspecified atom stereocenters. The standard InChI is InChI=1S/C14H21NO/c15-12-13-10-8-6-4-2-1-3-5-7-9-11-14(13)16/h6,8,10,14,16H,1-5,7,9,11H2/b8-6-,13-10+. The maximum atomic E-state index is 9.80. The quantitative estimate of drug-likeness (QED) is 0.677. The summed E-state index contributed by atoms with van der Waals surface area (Å²) in [6, 6.07) is 2.08. The van der Waals surface area contributed by atoms with Gasteiger partial charge in [0.1, 0.15) is 0 Å². The molecule has 1 aliphatic carbocycles. The molecule has 0 saturated heterocycles. The molecule has 0 aromatic heterocycles. The van der Waals surface area contributed by atoms with Crippen LogP contribution in [0, 0.1) is 11.3 Å². The van der Waals surface area contributed by atoms with E-state index in [1.807, 2.05) is 6.08 Å². The van der Waals surface area contributed by atoms with E-state index in [1.54, 1.807) is 6.08 Å². The smallest absolute Gasteiger partial charge is 0.0974 e. The molecule has 0 spiro atoms. The third-order valence-electron chi connectivity index (χ3n) is 3.00. The summed E-state index contributed by atoms with van der Waals surface area (Å²) in [5, 5.41) is 18.7. The van der Waals surface area contributed by atoms with E-state index < -0.39 is 6.10 Å². The number of nitriles is 1. The van der Waals surface area contributed by atoms with E-state index in [0.717, 1.165) is 12.8 Å². The summed E-state index contributed by atoms with van der Waals surface area (Å²) in [6.45, 7) is 0. The van der Waals surface area contributed by atoms with Crippen LogP contribution in [0.2, 0.25) is 0 Å². The van der Waals surface area contributed by atoms with E-state index in [9.17, 15) is 5.11 Å². The normalized spacial score (nSPS) is 29.8. The highest BCUT2D eigenvalue weighted by Gasteiger charge is 2.09. The van der Waals surface area contributed by atoms with Crippen LogP contribution >= 0.6 is 0 Å². The third-order valence-corrected chi connectivity index (χ3v) is 3.00. The lowest BCUT2D eigenvalue weighted by Crippen LogP contribution is -2.08. The Balaban J connectivity index is 2.56. The van der Waals surface area contributed by atoms with Crippen LogP contribution in [0.3, 0.4) is 0 Å². The molecule has 0 aliphatic heterocycles. The van der Waals surface area contributed by atoms with E-state index in [1.165, 1.54) is 32.1 Å². The van der Waals surface area contributed by atoms with Crippen molar-refractivity contribution < 1.29 is 5.11 Å². The number of aliphatic hydroxyl groups excluding tert-OH is 1. The van der Waals surface area contributed by atoms with Crippen molar-refractivity contribution in [2.24, 2.45) is 0 Å². The lowest BCUT2D eigenvalue weighted by atomic mass is 10.0. The second kappa shape index (κ2) is 8.13. The van der Waals surface area contributed by atoms with Crippen molar-refractivity contribution in [1.29, 1.82) is 5.26 Å². The second-order valence-corrected chi connectivity index (χ2v) is 4.38. The molecule has 0 radical (unpaired) electrons. The van der Waals surface area contributed by atoms with Gasteiger partial charge in [0.05, 0.1) is 17.7 Å². The monoisotopic (exact) mass is 219 g/mol. The molecule has 1 atom stereocenters. The molecule has 0 heterocycles. The zero-order chi connectivity index (χ0) is 11.6. The highest BCUT2D eigenvalue weighted by atomic mass is 16.3. The predicted octanol–water partition coefficient (Wildman–Crippen LogP) is 3.49. The van der Waals surface area contributed by atoms with Gasteiger partial charge in [-0.05, 0) is 25.3 Å². The van der Waals surface area contributed by atoms with Crippen LogP contribution in [-0.4, -0.2) is 11.2 Å². The Bertz CT molecular complexity index is 286. The van der Waals surface area contributed by atoms with Crippen molar-refractivity contribution in [1.82, 2.24) is 0 Å². The van der Waals surface area contributed by atoms with Crippen LogP contribution in [0.1, 0.15) is 51.4 Å². The van der Waals surface area contributed by atoms with Crippen molar-refractivity contribution in [2.45, 2.75) is 57.5 Å². The Morgan fingerprint density at radius 2 is 1.81 bits per heavy atom. The maximum absolute atomic E-state index is 9.80. The summed E-state index contributed by atoms with van der Waals surface area (Å²) in [6.07, 6.45) is 14.2. The maximum Gasteiger partial charge on any atom is 0.0974 e. The van der Waals surface area contributed by atoms with Crippen molar-refractivity contribution in [3.05, 3.63) is 23.8 Å². The van der Waals surface area contributed by atoms with E-state index in [2.05, 4.69) is 12.1 Å². The average molecular weight is 219 g/mol. The van der Waals surface area contributed by atoms with Gasteiger partial charge in [0, 0.05) is 0 Å². The molecule has 1 aliphatic rings. The number of rotatable bonds is 0. The SMILES string of the molecule is N#C/C1=C\C=C/CCCCCCCCC1O. The van der Waals surface area contributed by atoms with Crippen LogP contribution in [0.4, 0.5) is 0 Å². The molecule has 0 aromatic carbocycles. The molecular formula is C14H21NO. The van der Waals surface area contributed by atoms with Crippen LogP contribution in [0.25, 0.3) is 0 Å². The minimum atomic E-state index is -0.574. The Kier molecular flexibility index (Phi) is 6.60. The highest BCUT2D eigenvalue weighted by Crippen LogP contribution is 2.14. The van der Waals surface area contributed by atoms with E-state index in [0.29, 0.717) is 12.0 Å². The van der Waals surface area contributed by atoms with Crippen LogP contribution < -0.4 is 0 Å². The summed E-state index contributed by atoms with van der Waals surface area (Å²) >= 11 is 0. The molecule has 0 fully saturated rings. The molecule has 2 heteroatoms. The van der Waals surface area contributed by atoms with Gasteiger partial charge in [0.2, 0.25) is 0 Å². The summed E-state index contributed by atoms with van der Waals surface area (Å²) in [4.78, 5) is 0. The van der Waals surface area contributed by atoms with E-state index in [4.69, 9.17) is 5.26 Å². The Morgan fingerprint density at radius 1 is 1.12 bits per heavy atom. The van der Waals surface area contributed by atoms with Crippen molar-refractivity contribution in [2.75, 3.05) is 0 Å². The van der Waals surface area contributed by atoms with Gasteiger partial charge < -0.3 is 5.11 Å². The number of nitrogens with zero attached hydrogens (tertiary/aromatic N) is 1. The first-order valence-corrected chi connectivity index (χ1v) is 6.29. The predicted molar refractivity (Wildman–Crippen MR) is 65.8 cm³/mol. The Labute approximate surface area is 98.3 Å². The molecule has 1 rings (SSSR count). The fourth-order valence-corrected chi connectivity index (χ4v) is 1.95. The number of hydrogen-bond acceptors (Lipinski definition) is 2. The van der Waals surface area contributed by atoms with Crippen molar-refractivity contribution >= 4 is 0 Å². The third kappa shape index (κ3) is 5.14. The molecular weight excluding hydrogens is 198 g/mol. The Hall–Kier alpha value is -1.07. The molecule has 0 bridgehead atoms. The summed E-state index contributed by atoms with van der Waals surface area (Å²) in [7, 11) is 0. The number of hydrogen-bond donors (Lipinski definition) is 1. The molecule has 2 nitrogen and oxygen atoms in total. The van der Waals surface area contributed by atoms with Crippen molar-refractivity contribution in [3.63, 3.8) is 0 Å². The zero-order valence-corrected chi connectivity index (χ0v) is 9.86. The largest absolute Gasteiger partial charge is 0.388 e. The van der Waals surface area contributed by atoms with Gasteiger partial charge in [0.25, 0.3) is 0 Å². The lowest BCUT2D eigenvalue weighted by Gasteiger charge is -2.08. The molecule has 1 N–H and O–H groups in total. The van der Waals surface area contributed by atoms with Gasteiger partial charge in [-0.25, -0.2) is 0 Å². The van der Waals surface area contributed by atoms with Crippen LogP contribution in [0.15, 0.2) is 23.8 Å². The molecule has 0 aromatic rings. The average Bonchev–Trinajstić information content (AvgIpc) is 2.31. The first kappa shape index (κ1) is 13.0. The van der Waals surface area contributed by atoms with Crippen molar-refractivity contribution in [3.8, 4) is 6.07 Å². The van der Waals surface area contributed by atoms with Gasteiger partial charge in [-0.15, -0.1) is 0 Å². The summed E-state index contributed by atoms with van der Waals surface area (Å²) < 4.78 is 0. The fourth-order valence-electron chi connectivity index (χ4n) is 1.95. The first-order valence-electron chi connectivity index (χ1n) is 6.29. The zero-order valence-electron chi connectivity index (χ0n) is 9.86. The first-order chi connectivity index (χ1) is 7.84. The minimum absolute atomic E-state index is 0.496. The second-order valence-electron chi connectivity index (χ2n) is 4.38. The van der Waals surface area contributed by atoms with Gasteiger partial charge in [0.15, 0.2) is 0 Å².